The van der Waals surface area contributed by atoms with Gasteiger partial charge in [-0.2, -0.15) is 0 Å². The summed E-state index contributed by atoms with van der Waals surface area (Å²) >= 11 is 1.80. The number of thiophene rings is 1. The van der Waals surface area contributed by atoms with Crippen molar-refractivity contribution in [3.05, 3.63) is 22.4 Å². The lowest BCUT2D eigenvalue weighted by atomic mass is 10.2. The van der Waals surface area contributed by atoms with Gasteiger partial charge in [0, 0.05) is 37.1 Å². The Hall–Kier alpha value is -1.15. The maximum Gasteiger partial charge on any atom is 0.191 e. The van der Waals surface area contributed by atoms with E-state index in [0.29, 0.717) is 12.1 Å². The number of ether oxygens (including phenoxy) is 1. The van der Waals surface area contributed by atoms with Gasteiger partial charge in [0.05, 0.1) is 25.8 Å². The molecule has 2 atom stereocenters. The van der Waals surface area contributed by atoms with Crippen molar-refractivity contribution in [3.63, 3.8) is 0 Å². The molecule has 2 N–H and O–H groups in total. The second-order valence-electron chi connectivity index (χ2n) is 6.59. The van der Waals surface area contributed by atoms with Gasteiger partial charge in [0.25, 0.3) is 0 Å². The number of aliphatic imine (C=N–C) groups is 1. The van der Waals surface area contributed by atoms with Crippen molar-refractivity contribution in [2.45, 2.75) is 25.9 Å². The average molecular weight is 368 g/mol. The van der Waals surface area contributed by atoms with Gasteiger partial charge in [-0.05, 0) is 39.4 Å². The summed E-state index contributed by atoms with van der Waals surface area (Å²) in [5.74, 6) is 0.894. The van der Waals surface area contributed by atoms with Gasteiger partial charge in [-0.1, -0.05) is 6.07 Å². The van der Waals surface area contributed by atoms with Crippen LogP contribution in [0.2, 0.25) is 0 Å². The van der Waals surface area contributed by atoms with Crippen LogP contribution in [0.5, 0.6) is 0 Å². The third-order valence-electron chi connectivity index (χ3n) is 4.48. The van der Waals surface area contributed by atoms with E-state index in [1.165, 1.54) is 4.88 Å². The van der Waals surface area contributed by atoms with Crippen molar-refractivity contribution in [1.29, 1.82) is 0 Å². The highest BCUT2D eigenvalue weighted by molar-refractivity contribution is 7.10. The van der Waals surface area contributed by atoms with Gasteiger partial charge in [0.1, 0.15) is 0 Å². The van der Waals surface area contributed by atoms with Crippen LogP contribution in [-0.2, 0) is 4.74 Å². The molecule has 0 amide bonds. The molecule has 1 aromatic heterocycles. The number of likely N-dealkylation sites (N-methyl/N-ethyl adjacent to an activating group) is 1. The van der Waals surface area contributed by atoms with Crippen molar-refractivity contribution in [2.24, 2.45) is 4.99 Å². The van der Waals surface area contributed by atoms with Gasteiger partial charge in [-0.25, -0.2) is 0 Å². The topological polar surface area (TPSA) is 52.1 Å². The molecule has 0 spiro atoms. The van der Waals surface area contributed by atoms with Crippen LogP contribution in [0.3, 0.4) is 0 Å². The molecule has 0 aromatic carbocycles. The normalized spacial score (nSPS) is 19.0. The molecule has 1 aliphatic rings. The molecule has 1 aliphatic heterocycles. The Morgan fingerprint density at radius 3 is 2.72 bits per heavy atom. The van der Waals surface area contributed by atoms with Crippen molar-refractivity contribution in [2.75, 3.05) is 60.0 Å². The molecule has 1 saturated heterocycles. The van der Waals surface area contributed by atoms with E-state index in [1.807, 2.05) is 0 Å². The molecule has 1 aromatic rings. The van der Waals surface area contributed by atoms with Gasteiger partial charge in [-0.15, -0.1) is 11.3 Å². The van der Waals surface area contributed by atoms with Gasteiger partial charge in [0.15, 0.2) is 5.96 Å². The Kier molecular flexibility index (Phi) is 8.67. The van der Waals surface area contributed by atoms with Crippen molar-refractivity contribution in [1.82, 2.24) is 20.4 Å². The van der Waals surface area contributed by atoms with Crippen LogP contribution in [0.25, 0.3) is 0 Å². The summed E-state index contributed by atoms with van der Waals surface area (Å²) in [6.07, 6.45) is 0. The third kappa shape index (κ3) is 6.58. The van der Waals surface area contributed by atoms with Crippen molar-refractivity contribution >= 4 is 17.3 Å². The van der Waals surface area contributed by atoms with Crippen LogP contribution in [0.4, 0.5) is 0 Å². The standard InChI is InChI=1S/C18H33N5OS/c1-5-19-18(20-13-15(2)23-8-10-24-11-9-23)21-14-16(22(3)4)17-7-6-12-25-17/h6-7,12,15-16H,5,8-11,13-14H2,1-4H3,(H2,19,20,21). The maximum absolute atomic E-state index is 5.43. The number of hydrogen-bond donors (Lipinski definition) is 2. The summed E-state index contributed by atoms with van der Waals surface area (Å²) in [6.45, 7) is 10.5. The Morgan fingerprint density at radius 1 is 1.36 bits per heavy atom. The zero-order chi connectivity index (χ0) is 18.1. The number of nitrogens with zero attached hydrogens (tertiary/aromatic N) is 3. The Morgan fingerprint density at radius 2 is 2.12 bits per heavy atom. The van der Waals surface area contributed by atoms with E-state index in [9.17, 15) is 0 Å². The largest absolute Gasteiger partial charge is 0.379 e. The number of morpholine rings is 1. The van der Waals surface area contributed by atoms with Crippen molar-refractivity contribution in [3.8, 4) is 0 Å². The highest BCUT2D eigenvalue weighted by Gasteiger charge is 2.18. The minimum absolute atomic E-state index is 0.348. The van der Waals surface area contributed by atoms with Gasteiger partial charge >= 0.3 is 0 Å². The first-order valence-electron chi connectivity index (χ1n) is 9.15. The summed E-state index contributed by atoms with van der Waals surface area (Å²) in [7, 11) is 4.24. The summed E-state index contributed by atoms with van der Waals surface area (Å²) < 4.78 is 5.43. The number of guanidine groups is 1. The molecule has 7 heteroatoms. The molecule has 1 fully saturated rings. The molecule has 2 heterocycles. The third-order valence-corrected chi connectivity index (χ3v) is 5.46. The van der Waals surface area contributed by atoms with Crippen LogP contribution >= 0.6 is 11.3 Å². The second-order valence-corrected chi connectivity index (χ2v) is 7.57. The van der Waals surface area contributed by atoms with E-state index >= 15 is 0 Å². The molecule has 2 unspecified atom stereocenters. The van der Waals surface area contributed by atoms with E-state index in [-0.39, 0.29) is 0 Å². The number of hydrogen-bond acceptors (Lipinski definition) is 5. The average Bonchev–Trinajstić information content (AvgIpc) is 3.14. The van der Waals surface area contributed by atoms with Gasteiger partial charge in [-0.3, -0.25) is 9.89 Å². The predicted octanol–water partition coefficient (Wildman–Crippen LogP) is 1.63. The summed E-state index contributed by atoms with van der Waals surface area (Å²) in [5.41, 5.74) is 0. The molecule has 0 radical (unpaired) electrons. The summed E-state index contributed by atoms with van der Waals surface area (Å²) in [5, 5.41) is 9.00. The summed E-state index contributed by atoms with van der Waals surface area (Å²) in [4.78, 5) is 10.9. The molecule has 0 bridgehead atoms. The molecular weight excluding hydrogens is 334 g/mol. The quantitative estimate of drug-likeness (QED) is 0.540. The van der Waals surface area contributed by atoms with Crippen LogP contribution < -0.4 is 10.6 Å². The smallest absolute Gasteiger partial charge is 0.191 e. The first-order valence-corrected chi connectivity index (χ1v) is 10.0. The van der Waals surface area contributed by atoms with E-state index in [0.717, 1.165) is 51.9 Å². The lowest BCUT2D eigenvalue weighted by molar-refractivity contribution is 0.0220. The van der Waals surface area contributed by atoms with Gasteiger partial charge < -0.3 is 20.3 Å². The second kappa shape index (κ2) is 10.8. The zero-order valence-electron chi connectivity index (χ0n) is 16.0. The Labute approximate surface area is 156 Å². The summed E-state index contributed by atoms with van der Waals surface area (Å²) in [6, 6.07) is 5.09. The molecule has 25 heavy (non-hydrogen) atoms. The van der Waals surface area contributed by atoms with E-state index in [4.69, 9.17) is 9.73 Å². The monoisotopic (exact) mass is 367 g/mol. The molecule has 6 nitrogen and oxygen atoms in total. The molecule has 0 aliphatic carbocycles. The minimum atomic E-state index is 0.348. The SMILES string of the molecule is CCNC(=NCC(C)N1CCOCC1)NCC(c1cccs1)N(C)C. The van der Waals surface area contributed by atoms with Crippen LogP contribution in [0.1, 0.15) is 24.8 Å². The van der Waals surface area contributed by atoms with Crippen LogP contribution in [0, 0.1) is 0 Å². The Balaban J connectivity index is 1.89. The van der Waals surface area contributed by atoms with Crippen LogP contribution in [-0.4, -0.2) is 81.8 Å². The predicted molar refractivity (Wildman–Crippen MR) is 107 cm³/mol. The number of nitrogens with one attached hydrogen (secondary N) is 2. The first kappa shape index (κ1) is 20.2. The molecule has 142 valence electrons. The highest BCUT2D eigenvalue weighted by atomic mass is 32.1. The lowest BCUT2D eigenvalue weighted by Gasteiger charge is -2.31. The van der Waals surface area contributed by atoms with E-state index in [2.05, 4.69) is 65.9 Å². The van der Waals surface area contributed by atoms with Crippen molar-refractivity contribution < 1.29 is 4.74 Å². The number of rotatable bonds is 8. The molecular formula is C18H33N5OS. The fourth-order valence-corrected chi connectivity index (χ4v) is 3.83. The van der Waals surface area contributed by atoms with Gasteiger partial charge in [0.2, 0.25) is 0 Å². The molecule has 0 saturated carbocycles. The minimum Gasteiger partial charge on any atom is -0.379 e. The van der Waals surface area contributed by atoms with E-state index in [1.54, 1.807) is 11.3 Å². The fourth-order valence-electron chi connectivity index (χ4n) is 2.91. The van der Waals surface area contributed by atoms with E-state index < -0.39 is 0 Å². The Bertz CT molecular complexity index is 500. The fraction of sp³-hybridized carbons (Fsp3) is 0.722. The highest BCUT2D eigenvalue weighted by Crippen LogP contribution is 2.22. The lowest BCUT2D eigenvalue weighted by Crippen LogP contribution is -2.45. The zero-order valence-corrected chi connectivity index (χ0v) is 16.8. The first-order chi connectivity index (χ1) is 12.1. The van der Waals surface area contributed by atoms with Crippen LogP contribution in [0.15, 0.2) is 22.5 Å². The molecule has 2 rings (SSSR count). The maximum atomic E-state index is 5.43.